The summed E-state index contributed by atoms with van der Waals surface area (Å²) in [6.45, 7) is 5.19. The Hall–Kier alpha value is -3.72. The Balaban J connectivity index is 1.39. The molecule has 1 N–H and O–H groups in total. The number of aryl methyl sites for hydroxylation is 1. The predicted molar refractivity (Wildman–Crippen MR) is 148 cm³/mol. The Morgan fingerprint density at radius 1 is 1.00 bits per heavy atom. The molecule has 0 bridgehead atoms. The maximum Gasteiger partial charge on any atom is 0.253 e. The van der Waals surface area contributed by atoms with Crippen molar-refractivity contribution in [2.24, 2.45) is 0 Å². The van der Waals surface area contributed by atoms with Gasteiger partial charge in [0.1, 0.15) is 11.8 Å². The summed E-state index contributed by atoms with van der Waals surface area (Å²) in [5.74, 6) is 1.64. The second kappa shape index (κ2) is 10.6. The number of para-hydroxylation sites is 3. The molecule has 3 heterocycles. The number of tetrazole rings is 1. The van der Waals surface area contributed by atoms with Crippen LogP contribution in [-0.2, 0) is 0 Å². The topological polar surface area (TPSA) is 92.2 Å². The van der Waals surface area contributed by atoms with Crippen LogP contribution in [0.2, 0.25) is 0 Å². The van der Waals surface area contributed by atoms with Gasteiger partial charge in [-0.15, -0.1) is 5.10 Å². The number of nitrogens with zero attached hydrogens (tertiary/aromatic N) is 6. The lowest BCUT2D eigenvalue weighted by Gasteiger charge is -2.40. The third kappa shape index (κ3) is 4.55. The van der Waals surface area contributed by atoms with Gasteiger partial charge >= 0.3 is 0 Å². The van der Waals surface area contributed by atoms with Crippen LogP contribution in [0.3, 0.4) is 0 Å². The minimum Gasteiger partial charge on any atom is -0.495 e. The molecule has 2 fully saturated rings. The number of H-pyrrole nitrogens is 1. The van der Waals surface area contributed by atoms with Crippen molar-refractivity contribution in [1.82, 2.24) is 30.1 Å². The third-order valence-electron chi connectivity index (χ3n) is 8.20. The lowest BCUT2D eigenvalue weighted by molar-refractivity contribution is 0.192. The number of nitrogens with one attached hydrogen (secondary N) is 1. The molecule has 2 aromatic heterocycles. The number of aromatic amines is 1. The Kier molecular flexibility index (Phi) is 6.84. The zero-order chi connectivity index (χ0) is 26.1. The smallest absolute Gasteiger partial charge is 0.253 e. The highest BCUT2D eigenvalue weighted by Gasteiger charge is 2.34. The third-order valence-corrected chi connectivity index (χ3v) is 8.20. The molecular weight excluding hydrogens is 478 g/mol. The average Bonchev–Trinajstić information content (AvgIpc) is 3.44. The maximum absolute atomic E-state index is 13.6. The van der Waals surface area contributed by atoms with Crippen molar-refractivity contribution < 1.29 is 4.74 Å². The van der Waals surface area contributed by atoms with Crippen LogP contribution in [-0.4, -0.2) is 63.4 Å². The van der Waals surface area contributed by atoms with Crippen LogP contribution in [0.5, 0.6) is 5.75 Å². The Labute approximate surface area is 222 Å². The van der Waals surface area contributed by atoms with E-state index in [2.05, 4.69) is 42.4 Å². The number of piperazine rings is 1. The van der Waals surface area contributed by atoms with Gasteiger partial charge < -0.3 is 14.6 Å². The highest BCUT2D eigenvalue weighted by Crippen LogP contribution is 2.35. The first kappa shape index (κ1) is 24.6. The average molecular weight is 514 g/mol. The zero-order valence-electron chi connectivity index (χ0n) is 22.1. The number of hydrogen-bond donors (Lipinski definition) is 1. The van der Waals surface area contributed by atoms with E-state index in [4.69, 9.17) is 4.74 Å². The summed E-state index contributed by atoms with van der Waals surface area (Å²) < 4.78 is 7.63. The van der Waals surface area contributed by atoms with Crippen LogP contribution in [0.1, 0.15) is 61.1 Å². The summed E-state index contributed by atoms with van der Waals surface area (Å²) in [4.78, 5) is 21.5. The fourth-order valence-electron chi connectivity index (χ4n) is 6.18. The summed E-state index contributed by atoms with van der Waals surface area (Å²) in [5, 5.41) is 14.2. The van der Waals surface area contributed by atoms with E-state index in [1.165, 1.54) is 19.3 Å². The minimum absolute atomic E-state index is 0.0813. The van der Waals surface area contributed by atoms with Gasteiger partial charge in [-0.05, 0) is 59.3 Å². The van der Waals surface area contributed by atoms with E-state index in [-0.39, 0.29) is 17.6 Å². The van der Waals surface area contributed by atoms with Crippen molar-refractivity contribution in [3.05, 3.63) is 75.8 Å². The Bertz CT molecular complexity index is 1470. The van der Waals surface area contributed by atoms with Crippen molar-refractivity contribution in [1.29, 1.82) is 0 Å². The maximum atomic E-state index is 13.6. The number of fused-ring (bicyclic) bond motifs is 1. The predicted octanol–water partition coefficient (Wildman–Crippen LogP) is 4.25. The van der Waals surface area contributed by atoms with Crippen molar-refractivity contribution in [3.63, 3.8) is 0 Å². The van der Waals surface area contributed by atoms with E-state index in [0.717, 1.165) is 72.7 Å². The second-order valence-corrected chi connectivity index (χ2v) is 10.5. The monoisotopic (exact) mass is 513 g/mol. The first-order chi connectivity index (χ1) is 18.6. The number of methoxy groups -OCH3 is 1. The van der Waals surface area contributed by atoms with Gasteiger partial charge in [0.15, 0.2) is 5.82 Å². The number of pyridine rings is 1. The van der Waals surface area contributed by atoms with Gasteiger partial charge in [-0.2, -0.15) is 0 Å². The van der Waals surface area contributed by atoms with E-state index in [9.17, 15) is 4.79 Å². The lowest BCUT2D eigenvalue weighted by Crippen LogP contribution is -2.49. The first-order valence-electron chi connectivity index (χ1n) is 13.7. The van der Waals surface area contributed by atoms with E-state index >= 15 is 0 Å². The van der Waals surface area contributed by atoms with Crippen molar-refractivity contribution in [2.75, 3.05) is 38.2 Å². The number of ether oxygens (including phenoxy) is 1. The fourth-order valence-corrected chi connectivity index (χ4v) is 6.18. The number of benzene rings is 2. The van der Waals surface area contributed by atoms with E-state index in [1.54, 1.807) is 7.11 Å². The quantitative estimate of drug-likeness (QED) is 0.412. The molecule has 0 radical (unpaired) electrons. The van der Waals surface area contributed by atoms with Crippen LogP contribution in [0.4, 0.5) is 5.69 Å². The summed E-state index contributed by atoms with van der Waals surface area (Å²) in [5.41, 5.74) is 3.65. The normalized spacial score (nSPS) is 18.1. The van der Waals surface area contributed by atoms with Gasteiger partial charge in [0, 0.05) is 31.7 Å². The summed E-state index contributed by atoms with van der Waals surface area (Å²) in [6.07, 6.45) is 5.76. The lowest BCUT2D eigenvalue weighted by atomic mass is 9.95. The number of aromatic nitrogens is 5. The number of anilines is 1. The molecule has 1 aliphatic heterocycles. The van der Waals surface area contributed by atoms with Gasteiger partial charge in [-0.3, -0.25) is 9.69 Å². The van der Waals surface area contributed by atoms with Gasteiger partial charge in [0.2, 0.25) is 0 Å². The molecule has 2 aromatic carbocycles. The second-order valence-electron chi connectivity index (χ2n) is 10.5. The Morgan fingerprint density at radius 3 is 2.58 bits per heavy atom. The van der Waals surface area contributed by atoms with Crippen LogP contribution < -0.4 is 15.2 Å². The molecule has 1 aliphatic carbocycles. The number of rotatable bonds is 6. The first-order valence-corrected chi connectivity index (χ1v) is 13.7. The highest BCUT2D eigenvalue weighted by molar-refractivity contribution is 5.82. The van der Waals surface area contributed by atoms with Gasteiger partial charge in [-0.25, -0.2) is 4.68 Å². The molecule has 4 aromatic rings. The van der Waals surface area contributed by atoms with E-state index < -0.39 is 0 Å². The van der Waals surface area contributed by atoms with Crippen molar-refractivity contribution in [2.45, 2.75) is 51.1 Å². The molecule has 1 saturated heterocycles. The zero-order valence-corrected chi connectivity index (χ0v) is 22.1. The van der Waals surface area contributed by atoms with E-state index in [0.29, 0.717) is 5.56 Å². The molecule has 6 rings (SSSR count). The van der Waals surface area contributed by atoms with Gasteiger partial charge in [-0.1, -0.05) is 49.6 Å². The molecule has 0 unspecified atom stereocenters. The molecular formula is C29H35N7O2. The molecule has 9 heteroatoms. The van der Waals surface area contributed by atoms with Gasteiger partial charge in [0.05, 0.1) is 24.4 Å². The molecule has 0 amide bonds. The summed E-state index contributed by atoms with van der Waals surface area (Å²) >= 11 is 0. The molecule has 38 heavy (non-hydrogen) atoms. The highest BCUT2D eigenvalue weighted by atomic mass is 16.5. The van der Waals surface area contributed by atoms with Crippen molar-refractivity contribution >= 4 is 16.6 Å². The standard InChI is InChI=1S/C29H35N7O2/c1-20-9-8-10-21-19-23(29(37)30-26(20)21)27(28-31-32-33-36(28)22-11-4-3-5-12-22)35-17-15-34(16-18-35)24-13-6-7-14-25(24)38-2/h6-10,13-14,19,22,27H,3-5,11-12,15-18H2,1-2H3,(H,30,37)/t27-/m0/s1. The minimum atomic E-state index is -0.333. The van der Waals surface area contributed by atoms with Crippen LogP contribution in [0.25, 0.3) is 10.9 Å². The SMILES string of the molecule is COc1ccccc1N1CCN([C@@H](c2cc3cccc(C)c3[nH]c2=O)c2nnnn2C2CCCCC2)CC1. The molecule has 1 atom stereocenters. The molecule has 1 saturated carbocycles. The Morgan fingerprint density at radius 2 is 1.79 bits per heavy atom. The largest absolute Gasteiger partial charge is 0.495 e. The van der Waals surface area contributed by atoms with Crippen molar-refractivity contribution in [3.8, 4) is 5.75 Å². The molecule has 9 nitrogen and oxygen atoms in total. The molecule has 198 valence electrons. The number of hydrogen-bond acceptors (Lipinski definition) is 7. The van der Waals surface area contributed by atoms with E-state index in [1.807, 2.05) is 48.0 Å². The molecule has 2 aliphatic rings. The summed E-state index contributed by atoms with van der Waals surface area (Å²) in [6, 6.07) is 16.2. The van der Waals surface area contributed by atoms with Crippen LogP contribution >= 0.6 is 0 Å². The van der Waals surface area contributed by atoms with Crippen LogP contribution in [0.15, 0.2) is 53.3 Å². The van der Waals surface area contributed by atoms with Gasteiger partial charge in [0.25, 0.3) is 5.56 Å². The van der Waals surface area contributed by atoms with Crippen LogP contribution in [0, 0.1) is 6.92 Å². The fraction of sp³-hybridized carbons (Fsp3) is 0.448. The molecule has 0 spiro atoms. The summed E-state index contributed by atoms with van der Waals surface area (Å²) in [7, 11) is 1.71.